The molecule has 1 saturated carbocycles. The second-order valence-corrected chi connectivity index (χ2v) is 12.7. The standard InChI is InChI=1S/C25H24BClFN7O2S/c26-25(15-1-3-16(28)4-2-15,22-11-35(34-33-22)19-5-6-19)32-17-7-20-23(31-18-12-38(36,37)13-18)14(9-29)10-30-24(20)21(27)8-17/h1-4,7-8,10-11,18-19,32-34H,5-6,12-13,26H2,(H,30,31). The van der Waals surface area contributed by atoms with E-state index in [-0.39, 0.29) is 23.4 Å². The zero-order valence-corrected chi connectivity index (χ0v) is 22.0. The minimum Gasteiger partial charge on any atom is -0.379 e. The van der Waals surface area contributed by atoms with Gasteiger partial charge in [-0.1, -0.05) is 23.7 Å². The summed E-state index contributed by atoms with van der Waals surface area (Å²) in [5.41, 5.74) is 9.19. The van der Waals surface area contributed by atoms with Gasteiger partial charge in [-0.15, -0.1) is 5.53 Å². The number of fused-ring (bicyclic) bond motifs is 1. The Bertz CT molecular complexity index is 1610. The molecule has 0 bridgehead atoms. The van der Waals surface area contributed by atoms with Gasteiger partial charge >= 0.3 is 0 Å². The molecule has 3 aliphatic rings. The Morgan fingerprint density at radius 3 is 2.63 bits per heavy atom. The molecule has 1 unspecified atom stereocenters. The Hall–Kier alpha value is -3.53. The van der Waals surface area contributed by atoms with Gasteiger partial charge in [0.1, 0.15) is 19.7 Å². The fraction of sp³-hybridized carbons (Fsp3) is 0.280. The van der Waals surface area contributed by atoms with Crippen molar-refractivity contribution >= 4 is 51.6 Å². The normalized spacial score (nSPS) is 20.1. The maximum Gasteiger partial charge on any atom is 0.154 e. The minimum absolute atomic E-state index is 0.000311. The van der Waals surface area contributed by atoms with E-state index in [9.17, 15) is 18.1 Å². The first kappa shape index (κ1) is 24.8. The average Bonchev–Trinajstić information content (AvgIpc) is 3.59. The van der Waals surface area contributed by atoms with Crippen LogP contribution in [0.25, 0.3) is 10.9 Å². The molecule has 13 heteroatoms. The van der Waals surface area contributed by atoms with Gasteiger partial charge in [0.15, 0.2) is 9.84 Å². The van der Waals surface area contributed by atoms with Gasteiger partial charge in [-0.3, -0.25) is 9.99 Å². The van der Waals surface area contributed by atoms with Crippen LogP contribution in [-0.2, 0) is 15.3 Å². The number of sulfone groups is 1. The zero-order valence-electron chi connectivity index (χ0n) is 20.4. The molecular weight excluding hydrogens is 528 g/mol. The van der Waals surface area contributed by atoms with E-state index in [1.54, 1.807) is 18.2 Å². The summed E-state index contributed by atoms with van der Waals surface area (Å²) < 4.78 is 37.3. The molecular formula is C25H24BClFN7O2S. The molecule has 1 aromatic heterocycles. The number of hydrogen-bond acceptors (Lipinski definition) is 9. The highest BCUT2D eigenvalue weighted by Gasteiger charge is 2.38. The third-order valence-corrected chi connectivity index (χ3v) is 9.30. The SMILES string of the molecule is BC(Nc1cc(Cl)c2ncc(C#N)c(NC3CS(=O)(=O)C3)c2c1)(C1=CN(C2CC2)NN1)c1ccc(F)cc1. The Morgan fingerprint density at radius 2 is 1.97 bits per heavy atom. The Kier molecular flexibility index (Phi) is 5.90. The molecule has 0 spiro atoms. The van der Waals surface area contributed by atoms with Crippen molar-refractivity contribution in [2.45, 2.75) is 30.4 Å². The summed E-state index contributed by atoms with van der Waals surface area (Å²) in [6.07, 6.45) is 5.65. The van der Waals surface area contributed by atoms with E-state index in [0.717, 1.165) is 24.1 Å². The lowest BCUT2D eigenvalue weighted by atomic mass is 9.69. The molecule has 1 atom stereocenters. The van der Waals surface area contributed by atoms with Gasteiger partial charge in [-0.05, 0) is 42.7 Å². The monoisotopic (exact) mass is 551 g/mol. The van der Waals surface area contributed by atoms with Gasteiger partial charge in [-0.2, -0.15) is 5.26 Å². The lowest BCUT2D eigenvalue weighted by Crippen LogP contribution is -2.46. The lowest BCUT2D eigenvalue weighted by molar-refractivity contribution is 0.260. The second kappa shape index (κ2) is 9.04. The summed E-state index contributed by atoms with van der Waals surface area (Å²) in [4.78, 5) is 4.39. The number of benzene rings is 2. The molecule has 38 heavy (non-hydrogen) atoms. The van der Waals surface area contributed by atoms with Crippen LogP contribution in [0.1, 0.15) is 24.0 Å². The molecule has 2 aromatic carbocycles. The van der Waals surface area contributed by atoms with Gasteiger partial charge in [0.2, 0.25) is 0 Å². The molecule has 4 N–H and O–H groups in total. The third kappa shape index (κ3) is 4.51. The van der Waals surface area contributed by atoms with Crippen LogP contribution >= 0.6 is 11.6 Å². The Balaban J connectivity index is 1.43. The number of nitrogens with zero attached hydrogens (tertiary/aromatic N) is 3. The number of anilines is 2. The first-order valence-corrected chi connectivity index (χ1v) is 14.4. The maximum absolute atomic E-state index is 13.8. The molecule has 9 nitrogen and oxygen atoms in total. The van der Waals surface area contributed by atoms with Crippen molar-refractivity contribution in [3.05, 3.63) is 76.5 Å². The number of rotatable bonds is 7. The third-order valence-electron chi connectivity index (χ3n) is 7.19. The van der Waals surface area contributed by atoms with Crippen molar-refractivity contribution in [1.82, 2.24) is 21.0 Å². The van der Waals surface area contributed by atoms with E-state index in [1.165, 1.54) is 18.3 Å². The second-order valence-electron chi connectivity index (χ2n) is 10.1. The highest BCUT2D eigenvalue weighted by atomic mass is 35.5. The summed E-state index contributed by atoms with van der Waals surface area (Å²) in [5, 5.41) is 19.5. The van der Waals surface area contributed by atoms with Crippen LogP contribution in [0.3, 0.4) is 0 Å². The smallest absolute Gasteiger partial charge is 0.154 e. The largest absolute Gasteiger partial charge is 0.379 e. The molecule has 194 valence electrons. The van der Waals surface area contributed by atoms with Crippen molar-refractivity contribution in [3.8, 4) is 6.07 Å². The van der Waals surface area contributed by atoms with E-state index < -0.39 is 15.3 Å². The van der Waals surface area contributed by atoms with Crippen LogP contribution in [0.4, 0.5) is 15.8 Å². The topological polar surface area (TPSA) is 122 Å². The Labute approximate surface area is 225 Å². The van der Waals surface area contributed by atoms with Crippen LogP contribution in [0, 0.1) is 17.1 Å². The molecule has 3 aromatic rings. The highest BCUT2D eigenvalue weighted by molar-refractivity contribution is 7.92. The van der Waals surface area contributed by atoms with Gasteiger partial charge in [0, 0.05) is 29.5 Å². The molecule has 3 heterocycles. The number of nitrogens with one attached hydrogen (secondary N) is 4. The van der Waals surface area contributed by atoms with Crippen LogP contribution in [-0.4, -0.2) is 49.8 Å². The molecule has 2 fully saturated rings. The molecule has 6 rings (SSSR count). The summed E-state index contributed by atoms with van der Waals surface area (Å²) in [5.74, 6) is -0.333. The van der Waals surface area contributed by atoms with E-state index in [4.69, 9.17) is 11.6 Å². The fourth-order valence-corrected chi connectivity index (χ4v) is 6.49. The number of aromatic nitrogens is 1. The number of pyridine rings is 1. The molecule has 0 radical (unpaired) electrons. The lowest BCUT2D eigenvalue weighted by Gasteiger charge is -2.34. The number of nitriles is 1. The molecule has 1 aliphatic carbocycles. The van der Waals surface area contributed by atoms with E-state index in [2.05, 4.69) is 32.6 Å². The van der Waals surface area contributed by atoms with Crippen LogP contribution in [0.5, 0.6) is 0 Å². The predicted molar refractivity (Wildman–Crippen MR) is 147 cm³/mol. The fourth-order valence-electron chi connectivity index (χ4n) is 4.92. The van der Waals surface area contributed by atoms with Crippen molar-refractivity contribution in [1.29, 1.82) is 5.26 Å². The molecule has 1 saturated heterocycles. The molecule has 2 aliphatic heterocycles. The first-order valence-electron chi connectivity index (χ1n) is 12.2. The number of hydrazine groups is 2. The van der Waals surface area contributed by atoms with Crippen molar-refractivity contribution in [2.75, 3.05) is 22.1 Å². The van der Waals surface area contributed by atoms with E-state index >= 15 is 0 Å². The first-order chi connectivity index (χ1) is 18.1. The van der Waals surface area contributed by atoms with Gasteiger partial charge in [0.25, 0.3) is 0 Å². The van der Waals surface area contributed by atoms with Crippen LogP contribution in [0.2, 0.25) is 5.02 Å². The zero-order chi connectivity index (χ0) is 26.7. The van der Waals surface area contributed by atoms with Crippen molar-refractivity contribution in [2.24, 2.45) is 0 Å². The van der Waals surface area contributed by atoms with E-state index in [0.29, 0.717) is 38.9 Å². The van der Waals surface area contributed by atoms with E-state index in [1.807, 2.05) is 25.1 Å². The highest BCUT2D eigenvalue weighted by Crippen LogP contribution is 2.38. The number of halogens is 2. The van der Waals surface area contributed by atoms with Crippen LogP contribution < -0.4 is 21.6 Å². The van der Waals surface area contributed by atoms with Gasteiger partial charge in [-0.25, -0.2) is 12.8 Å². The summed E-state index contributed by atoms with van der Waals surface area (Å²) in [7, 11) is -1.08. The summed E-state index contributed by atoms with van der Waals surface area (Å²) >= 11 is 6.68. The van der Waals surface area contributed by atoms with Crippen molar-refractivity contribution < 1.29 is 12.8 Å². The van der Waals surface area contributed by atoms with Gasteiger partial charge < -0.3 is 16.1 Å². The maximum atomic E-state index is 13.8. The minimum atomic E-state index is -3.06. The average molecular weight is 552 g/mol. The quantitative estimate of drug-likeness (QED) is 0.328. The summed E-state index contributed by atoms with van der Waals surface area (Å²) in [6, 6.07) is 12.2. The Morgan fingerprint density at radius 1 is 1.24 bits per heavy atom. The molecule has 0 amide bonds. The van der Waals surface area contributed by atoms with Crippen molar-refractivity contribution in [3.63, 3.8) is 0 Å². The number of hydrogen-bond donors (Lipinski definition) is 4. The summed E-state index contributed by atoms with van der Waals surface area (Å²) in [6.45, 7) is 0. The van der Waals surface area contributed by atoms with Gasteiger partial charge in [0.05, 0.1) is 50.5 Å². The predicted octanol–water partition coefficient (Wildman–Crippen LogP) is 2.33. The van der Waals surface area contributed by atoms with Crippen LogP contribution in [0.15, 0.2) is 54.5 Å².